The van der Waals surface area contributed by atoms with Crippen LogP contribution in [0.3, 0.4) is 0 Å². The van der Waals surface area contributed by atoms with Gasteiger partial charge >= 0.3 is 0 Å². The minimum atomic E-state index is -0.725. The molecule has 5 aromatic rings. The number of carbonyl (C=O) groups is 2. The maximum absolute atomic E-state index is 14.8. The number of aromatic hydroxyl groups is 2. The first-order chi connectivity index (χ1) is 32.0. The first-order valence-corrected chi connectivity index (χ1v) is 24.7. The molecule has 0 radical (unpaired) electrons. The van der Waals surface area contributed by atoms with Crippen LogP contribution in [0.25, 0.3) is 0 Å². The quantitative estimate of drug-likeness (QED) is 0.0490. The van der Waals surface area contributed by atoms with Crippen molar-refractivity contribution < 1.29 is 34.0 Å². The summed E-state index contributed by atoms with van der Waals surface area (Å²) in [5.74, 6) is 2.22. The van der Waals surface area contributed by atoms with Crippen molar-refractivity contribution >= 4 is 28.6 Å². The molecule has 0 aromatic heterocycles. The minimum Gasteiger partial charge on any atom is -0.504 e. The van der Waals surface area contributed by atoms with Crippen molar-refractivity contribution in [3.8, 4) is 40.2 Å². The van der Waals surface area contributed by atoms with Gasteiger partial charge in [0.05, 0.1) is 34.5 Å². The Labute approximate surface area is 391 Å². The van der Waals surface area contributed by atoms with E-state index in [1.165, 1.54) is 100 Å². The largest absolute Gasteiger partial charge is 0.504 e. The Hall–Kier alpha value is -5.96. The van der Waals surface area contributed by atoms with Crippen LogP contribution in [0, 0.1) is 17.8 Å². The number of benzene rings is 5. The number of carbonyl (C=O) groups excluding carboxylic acids is 2. The number of anilines is 3. The minimum absolute atomic E-state index is 0.0191. The molecule has 8 rings (SSSR count). The van der Waals surface area contributed by atoms with Gasteiger partial charge in [0.2, 0.25) is 11.6 Å². The molecule has 0 spiro atoms. The second kappa shape index (κ2) is 21.1. The predicted octanol–water partition coefficient (Wildman–Crippen LogP) is 15.1. The number of nitrogens with one attached hydrogen (secondary N) is 1. The molecular weight excluding hydrogens is 825 g/mol. The van der Waals surface area contributed by atoms with Crippen molar-refractivity contribution in [1.29, 1.82) is 0 Å². The maximum Gasteiger partial charge on any atom is 0.200 e. The molecule has 348 valence electrons. The zero-order valence-corrected chi connectivity index (χ0v) is 39.3. The molecule has 0 aliphatic heterocycles. The van der Waals surface area contributed by atoms with E-state index in [0.717, 1.165) is 31.1 Å². The zero-order chi connectivity index (χ0) is 46.3. The Morgan fingerprint density at radius 2 is 1.06 bits per heavy atom. The molecule has 0 unspecified atom stereocenters. The van der Waals surface area contributed by atoms with E-state index >= 15 is 0 Å². The molecule has 5 aromatic carbocycles. The first-order valence-electron chi connectivity index (χ1n) is 24.7. The third-order valence-electron chi connectivity index (χ3n) is 14.3. The van der Waals surface area contributed by atoms with Crippen molar-refractivity contribution in [2.75, 3.05) is 17.7 Å². The smallest absolute Gasteiger partial charge is 0.200 e. The van der Waals surface area contributed by atoms with Crippen LogP contribution in [0.5, 0.6) is 40.2 Å². The van der Waals surface area contributed by atoms with Gasteiger partial charge in [0.1, 0.15) is 17.2 Å². The number of fused-ring (bicyclic) bond motifs is 2. The van der Waals surface area contributed by atoms with E-state index in [4.69, 9.17) is 19.9 Å². The lowest BCUT2D eigenvalue weighted by Gasteiger charge is -2.29. The van der Waals surface area contributed by atoms with Crippen molar-refractivity contribution in [3.63, 3.8) is 0 Å². The lowest BCUT2D eigenvalue weighted by Crippen LogP contribution is -2.24. The van der Waals surface area contributed by atoms with Crippen LogP contribution in [0.4, 0.5) is 17.1 Å². The monoisotopic (exact) mass is 893 g/mol. The number of ether oxygens (including phenoxy) is 3. The van der Waals surface area contributed by atoms with Gasteiger partial charge in [-0.25, -0.2) is 0 Å². The molecule has 5 N–H and O–H groups in total. The van der Waals surface area contributed by atoms with Gasteiger partial charge in [0.15, 0.2) is 23.0 Å². The normalized spacial score (nSPS) is 19.3. The van der Waals surface area contributed by atoms with E-state index in [0.29, 0.717) is 47.3 Å². The topological polar surface area (TPSA) is 140 Å². The number of nitrogens with two attached hydrogens (primary N) is 1. The molecule has 0 atom stereocenters. The number of phenols is 2. The average molecular weight is 893 g/mol. The molecule has 0 saturated heterocycles. The number of nitrogen functional groups attached to an aromatic ring is 1. The lowest BCUT2D eigenvalue weighted by molar-refractivity contribution is 0.0974. The lowest BCUT2D eigenvalue weighted by atomic mass is 9.77. The molecule has 9 nitrogen and oxygen atoms in total. The predicted molar refractivity (Wildman–Crippen MR) is 264 cm³/mol. The molecule has 3 aliphatic carbocycles. The highest BCUT2D eigenvalue weighted by Crippen LogP contribution is 2.50. The Morgan fingerprint density at radius 1 is 0.606 bits per heavy atom. The van der Waals surface area contributed by atoms with Gasteiger partial charge in [-0.15, -0.1) is 0 Å². The Balaban J connectivity index is 1.07. The summed E-state index contributed by atoms with van der Waals surface area (Å²) in [6, 6.07) is 25.9. The number of ketones is 2. The van der Waals surface area contributed by atoms with Crippen LogP contribution in [0.1, 0.15) is 179 Å². The molecule has 0 heterocycles. The van der Waals surface area contributed by atoms with Gasteiger partial charge < -0.3 is 35.5 Å². The SMILES string of the molecule is CCCCC1CCC(c2ccc(Oc3cc(N)c4c(c3O)C(=O)c3c(Nc5ccc(OCCC(C)C)cc5)cc(Oc5ccc(C6CCC(CCCC)CC6)cc5)c(O)c3C4=O)cc2)CC1. The molecule has 0 bridgehead atoms. The maximum atomic E-state index is 14.8. The Bertz CT molecular complexity index is 2460. The summed E-state index contributed by atoms with van der Waals surface area (Å²) in [5, 5.41) is 27.0. The van der Waals surface area contributed by atoms with Gasteiger partial charge in [-0.3, -0.25) is 9.59 Å². The van der Waals surface area contributed by atoms with E-state index in [1.807, 2.05) is 48.5 Å². The van der Waals surface area contributed by atoms with Crippen molar-refractivity contribution in [2.24, 2.45) is 17.8 Å². The molecule has 66 heavy (non-hydrogen) atoms. The fraction of sp³-hybridized carbons (Fsp3) is 0.439. The van der Waals surface area contributed by atoms with E-state index < -0.39 is 23.1 Å². The summed E-state index contributed by atoms with van der Waals surface area (Å²) in [7, 11) is 0. The summed E-state index contributed by atoms with van der Waals surface area (Å²) in [6.45, 7) is 9.38. The third-order valence-corrected chi connectivity index (χ3v) is 14.3. The van der Waals surface area contributed by atoms with Crippen LogP contribution in [-0.4, -0.2) is 28.4 Å². The van der Waals surface area contributed by atoms with Crippen LogP contribution in [0.15, 0.2) is 84.9 Å². The number of hydrogen-bond donors (Lipinski definition) is 4. The van der Waals surface area contributed by atoms with Gasteiger partial charge in [-0.05, 0) is 147 Å². The van der Waals surface area contributed by atoms with Gasteiger partial charge in [-0.1, -0.05) is 90.5 Å². The van der Waals surface area contributed by atoms with Crippen LogP contribution in [0.2, 0.25) is 0 Å². The van der Waals surface area contributed by atoms with Crippen molar-refractivity contribution in [3.05, 3.63) is 118 Å². The van der Waals surface area contributed by atoms with E-state index in [9.17, 15) is 19.8 Å². The fourth-order valence-corrected chi connectivity index (χ4v) is 10.4. The zero-order valence-electron chi connectivity index (χ0n) is 39.3. The third kappa shape index (κ3) is 10.5. The summed E-state index contributed by atoms with van der Waals surface area (Å²) in [6.07, 6.45) is 18.3. The van der Waals surface area contributed by atoms with Crippen LogP contribution >= 0.6 is 0 Å². The molecule has 3 aliphatic rings. The number of rotatable bonds is 18. The van der Waals surface area contributed by atoms with Crippen LogP contribution < -0.4 is 25.3 Å². The van der Waals surface area contributed by atoms with Crippen molar-refractivity contribution in [1.82, 2.24) is 0 Å². The molecule has 0 amide bonds. The summed E-state index contributed by atoms with van der Waals surface area (Å²) >= 11 is 0. The Morgan fingerprint density at radius 3 is 1.55 bits per heavy atom. The Kier molecular flexibility index (Phi) is 14.9. The second-order valence-corrected chi connectivity index (χ2v) is 19.5. The number of phenolic OH excluding ortho intramolecular Hbond substituents is 2. The molecule has 9 heteroatoms. The molecular formula is C57H68N2O7. The molecule has 2 fully saturated rings. The summed E-state index contributed by atoms with van der Waals surface area (Å²) < 4.78 is 18.5. The first kappa shape index (κ1) is 46.6. The second-order valence-electron chi connectivity index (χ2n) is 19.5. The van der Waals surface area contributed by atoms with Gasteiger partial charge in [0, 0.05) is 23.5 Å². The summed E-state index contributed by atoms with van der Waals surface area (Å²) in [4.78, 5) is 29.5. The van der Waals surface area contributed by atoms with Gasteiger partial charge in [-0.2, -0.15) is 0 Å². The fourth-order valence-electron chi connectivity index (χ4n) is 10.4. The number of unbranched alkanes of at least 4 members (excludes halogenated alkanes) is 2. The van der Waals surface area contributed by atoms with Gasteiger partial charge in [0.25, 0.3) is 0 Å². The highest BCUT2D eigenvalue weighted by atomic mass is 16.5. The van der Waals surface area contributed by atoms with Crippen molar-refractivity contribution in [2.45, 2.75) is 136 Å². The average Bonchev–Trinajstić information content (AvgIpc) is 3.32. The van der Waals surface area contributed by atoms with E-state index in [2.05, 4.69) is 57.3 Å². The van der Waals surface area contributed by atoms with E-state index in [-0.39, 0.29) is 45.1 Å². The molecule has 2 saturated carbocycles. The highest BCUT2D eigenvalue weighted by molar-refractivity contribution is 6.34. The number of hydrogen-bond acceptors (Lipinski definition) is 9. The standard InChI is InChI=1S/C57H68N2O7/c1-5-7-9-36-11-15-38(16-12-36)40-19-25-44(26-20-40)65-48-33-46(58)50-52(54(48)60)57(63)51-47(59-42-23-29-43(30-24-42)64-32-31-35(3)4)34-49(55(61)53(51)56(50)62)66-45-27-21-41(22-28-45)39-17-13-37(14-18-39)10-8-6-2/h19-30,33-39,59-61H,5-18,31-32,58H2,1-4H3. The summed E-state index contributed by atoms with van der Waals surface area (Å²) in [5.41, 5.74) is 8.92. The van der Waals surface area contributed by atoms with E-state index in [1.54, 1.807) is 0 Å². The highest BCUT2D eigenvalue weighted by Gasteiger charge is 2.41. The van der Waals surface area contributed by atoms with Crippen LogP contribution in [-0.2, 0) is 0 Å².